The van der Waals surface area contributed by atoms with Crippen LogP contribution in [0.1, 0.15) is 31.0 Å². The molecular formula is C23H33N3O2+2. The number of methoxy groups -OCH3 is 1. The van der Waals surface area contributed by atoms with Crippen molar-refractivity contribution in [1.82, 2.24) is 4.90 Å². The smallest absolute Gasteiger partial charge is 0.280 e. The van der Waals surface area contributed by atoms with Gasteiger partial charge in [0.05, 0.1) is 38.9 Å². The van der Waals surface area contributed by atoms with Crippen LogP contribution in [-0.2, 0) is 11.3 Å². The number of amides is 1. The van der Waals surface area contributed by atoms with Crippen LogP contribution in [0.25, 0.3) is 0 Å². The fourth-order valence-corrected chi connectivity index (χ4v) is 4.05. The molecule has 28 heavy (non-hydrogen) atoms. The zero-order valence-corrected chi connectivity index (χ0v) is 17.2. The highest BCUT2D eigenvalue weighted by Crippen LogP contribution is 2.22. The second-order valence-corrected chi connectivity index (χ2v) is 7.75. The van der Waals surface area contributed by atoms with Gasteiger partial charge in [-0.1, -0.05) is 42.5 Å². The van der Waals surface area contributed by atoms with Gasteiger partial charge in [0.2, 0.25) is 0 Å². The average molecular weight is 384 g/mol. The maximum atomic E-state index is 12.9. The van der Waals surface area contributed by atoms with Gasteiger partial charge in [0.15, 0.2) is 6.04 Å². The second-order valence-electron chi connectivity index (χ2n) is 7.75. The van der Waals surface area contributed by atoms with Crippen LogP contribution in [0, 0.1) is 0 Å². The van der Waals surface area contributed by atoms with E-state index in [0.29, 0.717) is 0 Å². The first kappa shape index (κ1) is 20.4. The van der Waals surface area contributed by atoms with Crippen LogP contribution in [0.5, 0.6) is 5.75 Å². The number of carbonyl (C=O) groups excluding carboxylic acids is 1. The molecule has 2 aromatic carbocycles. The van der Waals surface area contributed by atoms with Gasteiger partial charge in [-0.15, -0.1) is 0 Å². The number of nitrogens with two attached hydrogens (primary N) is 1. The third kappa shape index (κ3) is 5.12. The highest BCUT2D eigenvalue weighted by molar-refractivity contribution is 5.80. The molecule has 0 unspecified atom stereocenters. The zero-order valence-electron chi connectivity index (χ0n) is 17.2. The average Bonchev–Trinajstić information content (AvgIpc) is 2.74. The molecule has 2 aromatic rings. The van der Waals surface area contributed by atoms with Gasteiger partial charge in [0.25, 0.3) is 5.91 Å². The maximum absolute atomic E-state index is 12.9. The molecular weight excluding hydrogens is 350 g/mol. The van der Waals surface area contributed by atoms with Crippen LogP contribution in [0.2, 0.25) is 0 Å². The number of hydrogen-bond acceptors (Lipinski definition) is 2. The summed E-state index contributed by atoms with van der Waals surface area (Å²) in [7, 11) is 1.69. The summed E-state index contributed by atoms with van der Waals surface area (Å²) in [6.45, 7) is 8.87. The minimum Gasteiger partial charge on any atom is -0.496 e. The van der Waals surface area contributed by atoms with Crippen LogP contribution in [0.15, 0.2) is 54.6 Å². The number of hydrogen-bond donors (Lipinski definition) is 2. The number of piperazine rings is 1. The first-order valence-corrected chi connectivity index (χ1v) is 10.2. The molecule has 0 aromatic heterocycles. The molecule has 1 fully saturated rings. The Morgan fingerprint density at radius 2 is 1.71 bits per heavy atom. The standard InChI is InChI=1S/C23H31N3O2/c1-18(21-11-7-8-12-22(21)28-3)24-19(2)23(27)26-15-13-25(14-16-26)17-20-9-5-4-6-10-20/h4-12,18-19,24H,13-17H2,1-3H3/p+2/t18-,19-/m0/s1. The van der Waals surface area contributed by atoms with Crippen molar-refractivity contribution in [3.63, 3.8) is 0 Å². The van der Waals surface area contributed by atoms with E-state index in [1.807, 2.05) is 30.0 Å². The van der Waals surface area contributed by atoms with Crippen molar-refractivity contribution in [2.24, 2.45) is 0 Å². The Kier molecular flexibility index (Phi) is 7.06. The third-order valence-electron chi connectivity index (χ3n) is 5.68. The summed E-state index contributed by atoms with van der Waals surface area (Å²) in [6, 6.07) is 18.7. The lowest BCUT2D eigenvalue weighted by Crippen LogP contribution is -3.13. The summed E-state index contributed by atoms with van der Waals surface area (Å²) in [5.41, 5.74) is 2.49. The van der Waals surface area contributed by atoms with Crippen molar-refractivity contribution in [2.75, 3.05) is 33.3 Å². The Bertz CT molecular complexity index is 757. The van der Waals surface area contributed by atoms with E-state index in [2.05, 4.69) is 48.6 Å². The topological polar surface area (TPSA) is 50.6 Å². The number of nitrogens with zero attached hydrogens (tertiary/aromatic N) is 1. The molecule has 3 N–H and O–H groups in total. The molecule has 5 heteroatoms. The van der Waals surface area contributed by atoms with E-state index in [9.17, 15) is 4.79 Å². The Morgan fingerprint density at radius 1 is 1.07 bits per heavy atom. The SMILES string of the molecule is COc1ccccc1[C@H](C)[NH2+][C@@H](C)C(=O)N1CC[NH+](Cc2ccccc2)CC1. The van der Waals surface area contributed by atoms with Gasteiger partial charge in [-0.05, 0) is 26.0 Å². The molecule has 0 aliphatic carbocycles. The predicted molar refractivity (Wildman–Crippen MR) is 110 cm³/mol. The number of quaternary nitrogens is 2. The lowest BCUT2D eigenvalue weighted by Gasteiger charge is -2.33. The second kappa shape index (κ2) is 9.71. The molecule has 2 atom stereocenters. The Hall–Kier alpha value is -2.37. The molecule has 1 amide bonds. The number of nitrogens with one attached hydrogen (secondary N) is 1. The number of carbonyl (C=O) groups is 1. The molecule has 1 aliphatic heterocycles. The molecule has 0 radical (unpaired) electrons. The summed E-state index contributed by atoms with van der Waals surface area (Å²) >= 11 is 0. The van der Waals surface area contributed by atoms with Crippen molar-refractivity contribution in [2.45, 2.75) is 32.5 Å². The Morgan fingerprint density at radius 3 is 2.39 bits per heavy atom. The van der Waals surface area contributed by atoms with Crippen LogP contribution in [0.3, 0.4) is 0 Å². The normalized spacial score (nSPS) is 17.2. The van der Waals surface area contributed by atoms with Gasteiger partial charge >= 0.3 is 0 Å². The molecule has 0 spiro atoms. The molecule has 5 nitrogen and oxygen atoms in total. The summed E-state index contributed by atoms with van der Waals surface area (Å²) in [5, 5.41) is 2.14. The Balaban J connectivity index is 1.50. The van der Waals surface area contributed by atoms with Gasteiger partial charge in [0, 0.05) is 5.56 Å². The van der Waals surface area contributed by atoms with Crippen molar-refractivity contribution < 1.29 is 19.7 Å². The van der Waals surface area contributed by atoms with E-state index in [1.54, 1.807) is 12.0 Å². The highest BCUT2D eigenvalue weighted by Gasteiger charge is 2.30. The quantitative estimate of drug-likeness (QED) is 0.737. The number of para-hydroxylation sites is 1. The highest BCUT2D eigenvalue weighted by atomic mass is 16.5. The van der Waals surface area contributed by atoms with E-state index < -0.39 is 0 Å². The monoisotopic (exact) mass is 383 g/mol. The van der Waals surface area contributed by atoms with Gasteiger partial charge in [-0.2, -0.15) is 0 Å². The predicted octanol–water partition coefficient (Wildman–Crippen LogP) is 0.635. The maximum Gasteiger partial charge on any atom is 0.280 e. The molecule has 0 saturated carbocycles. The Labute approximate surface area is 168 Å². The van der Waals surface area contributed by atoms with E-state index >= 15 is 0 Å². The largest absolute Gasteiger partial charge is 0.496 e. The van der Waals surface area contributed by atoms with Crippen LogP contribution in [0.4, 0.5) is 0 Å². The van der Waals surface area contributed by atoms with Gasteiger partial charge < -0.3 is 19.9 Å². The molecule has 1 aliphatic rings. The minimum absolute atomic E-state index is 0.101. The lowest BCUT2D eigenvalue weighted by atomic mass is 10.1. The van der Waals surface area contributed by atoms with Crippen LogP contribution >= 0.6 is 0 Å². The third-order valence-corrected chi connectivity index (χ3v) is 5.68. The summed E-state index contributed by atoms with van der Waals surface area (Å²) in [6.07, 6.45) is 0. The van der Waals surface area contributed by atoms with Crippen molar-refractivity contribution in [3.05, 3.63) is 65.7 Å². The van der Waals surface area contributed by atoms with Crippen molar-refractivity contribution in [3.8, 4) is 5.75 Å². The number of ether oxygens (including phenoxy) is 1. The van der Waals surface area contributed by atoms with E-state index in [0.717, 1.165) is 44.0 Å². The minimum atomic E-state index is -0.101. The summed E-state index contributed by atoms with van der Waals surface area (Å²) in [4.78, 5) is 16.5. The number of benzene rings is 2. The summed E-state index contributed by atoms with van der Waals surface area (Å²) < 4.78 is 5.47. The molecule has 0 bridgehead atoms. The number of rotatable bonds is 7. The van der Waals surface area contributed by atoms with Crippen molar-refractivity contribution >= 4 is 5.91 Å². The summed E-state index contributed by atoms with van der Waals surface area (Å²) in [5.74, 6) is 1.12. The first-order valence-electron chi connectivity index (χ1n) is 10.2. The van der Waals surface area contributed by atoms with E-state index in [-0.39, 0.29) is 18.0 Å². The van der Waals surface area contributed by atoms with Gasteiger partial charge in [0.1, 0.15) is 18.3 Å². The fraction of sp³-hybridized carbons (Fsp3) is 0.435. The van der Waals surface area contributed by atoms with Crippen LogP contribution < -0.4 is 15.0 Å². The molecule has 1 heterocycles. The van der Waals surface area contributed by atoms with E-state index in [1.165, 1.54) is 5.56 Å². The van der Waals surface area contributed by atoms with Gasteiger partial charge in [-0.3, -0.25) is 4.79 Å². The van der Waals surface area contributed by atoms with Gasteiger partial charge in [-0.25, -0.2) is 0 Å². The molecule has 3 rings (SSSR count). The molecule has 1 saturated heterocycles. The van der Waals surface area contributed by atoms with Crippen molar-refractivity contribution in [1.29, 1.82) is 0 Å². The van der Waals surface area contributed by atoms with E-state index in [4.69, 9.17) is 4.74 Å². The molecule has 150 valence electrons. The lowest BCUT2D eigenvalue weighted by molar-refractivity contribution is -0.917. The fourth-order valence-electron chi connectivity index (χ4n) is 4.05. The first-order chi connectivity index (χ1) is 13.6. The zero-order chi connectivity index (χ0) is 19.9. The van der Waals surface area contributed by atoms with Crippen LogP contribution in [-0.4, -0.2) is 50.1 Å².